The zero-order valence-corrected chi connectivity index (χ0v) is 17.7. The molecule has 150 valence electrons. The fraction of sp³-hybridized carbons (Fsp3) is 0.269. The normalized spacial score (nSPS) is 12.0. The lowest BCUT2D eigenvalue weighted by atomic mass is 9.97. The molecule has 0 heterocycles. The van der Waals surface area contributed by atoms with Gasteiger partial charge in [-0.25, -0.2) is 0 Å². The molecule has 1 atom stereocenters. The summed E-state index contributed by atoms with van der Waals surface area (Å²) in [5.41, 5.74) is 6.69. The van der Waals surface area contributed by atoms with E-state index in [1.807, 2.05) is 37.3 Å². The van der Waals surface area contributed by atoms with Crippen LogP contribution in [0.15, 0.2) is 72.8 Å². The molecule has 0 unspecified atom stereocenters. The molecule has 0 radical (unpaired) electrons. The summed E-state index contributed by atoms with van der Waals surface area (Å²) in [4.78, 5) is 12.8. The van der Waals surface area contributed by atoms with Crippen LogP contribution >= 0.6 is 0 Å². The maximum absolute atomic E-state index is 12.8. The van der Waals surface area contributed by atoms with Gasteiger partial charge in [0.05, 0.1) is 12.6 Å². The van der Waals surface area contributed by atoms with Crippen molar-refractivity contribution in [1.29, 1.82) is 0 Å². The molecule has 0 aliphatic rings. The molecule has 3 heteroatoms. The first-order valence-corrected chi connectivity index (χ1v) is 10.2. The fourth-order valence-corrected chi connectivity index (χ4v) is 3.55. The molecule has 0 fully saturated rings. The van der Waals surface area contributed by atoms with Gasteiger partial charge in [0.15, 0.2) is 0 Å². The summed E-state index contributed by atoms with van der Waals surface area (Å²) in [7, 11) is 0. The molecule has 0 aliphatic heterocycles. The van der Waals surface area contributed by atoms with Gasteiger partial charge in [0.1, 0.15) is 0 Å². The van der Waals surface area contributed by atoms with Gasteiger partial charge in [-0.05, 0) is 42.0 Å². The van der Waals surface area contributed by atoms with Gasteiger partial charge in [0.2, 0.25) is 5.91 Å². The molecule has 0 spiro atoms. The smallest absolute Gasteiger partial charge is 0.238 e. The van der Waals surface area contributed by atoms with Crippen molar-refractivity contribution in [3.05, 3.63) is 101 Å². The van der Waals surface area contributed by atoms with Gasteiger partial charge in [-0.2, -0.15) is 0 Å². The van der Waals surface area contributed by atoms with Gasteiger partial charge in [0, 0.05) is 5.69 Å². The van der Waals surface area contributed by atoms with E-state index in [2.05, 4.69) is 73.9 Å². The molecule has 1 amide bonds. The van der Waals surface area contributed by atoms with Gasteiger partial charge in [-0.1, -0.05) is 92.2 Å². The number of rotatable bonds is 7. The van der Waals surface area contributed by atoms with Crippen molar-refractivity contribution in [2.24, 2.45) is 0 Å². The Morgan fingerprint density at radius 2 is 1.48 bits per heavy atom. The third kappa shape index (κ3) is 5.33. The van der Waals surface area contributed by atoms with Crippen LogP contribution in [0.5, 0.6) is 0 Å². The van der Waals surface area contributed by atoms with Crippen LogP contribution in [0.2, 0.25) is 0 Å². The highest BCUT2D eigenvalue weighted by atomic mass is 16.1. The number of carbonyl (C=O) groups is 1. The number of amides is 1. The minimum Gasteiger partial charge on any atom is -0.324 e. The van der Waals surface area contributed by atoms with Crippen LogP contribution in [-0.2, 0) is 4.79 Å². The molecule has 0 saturated heterocycles. The summed E-state index contributed by atoms with van der Waals surface area (Å²) in [5.74, 6) is 0.317. The van der Waals surface area contributed by atoms with E-state index in [1.165, 1.54) is 5.56 Å². The van der Waals surface area contributed by atoms with E-state index in [0.29, 0.717) is 5.92 Å². The summed E-state index contributed by atoms with van der Waals surface area (Å²) in [6.07, 6.45) is 0. The van der Waals surface area contributed by atoms with Crippen LogP contribution in [0, 0.1) is 13.8 Å². The van der Waals surface area contributed by atoms with E-state index in [9.17, 15) is 4.79 Å². The maximum Gasteiger partial charge on any atom is 0.238 e. The largest absolute Gasteiger partial charge is 0.324 e. The van der Waals surface area contributed by atoms with E-state index in [1.54, 1.807) is 0 Å². The molecule has 0 saturated carbocycles. The maximum atomic E-state index is 12.8. The average Bonchev–Trinajstić information content (AvgIpc) is 2.71. The van der Waals surface area contributed by atoms with Crippen molar-refractivity contribution >= 4 is 11.6 Å². The molecule has 3 rings (SSSR count). The number of aryl methyl sites for hydroxylation is 2. The summed E-state index contributed by atoms with van der Waals surface area (Å²) in [6.45, 7) is 8.64. The second kappa shape index (κ2) is 9.53. The van der Waals surface area contributed by atoms with Crippen molar-refractivity contribution in [3.63, 3.8) is 0 Å². The van der Waals surface area contributed by atoms with Crippen molar-refractivity contribution in [3.8, 4) is 0 Å². The zero-order chi connectivity index (χ0) is 20.8. The summed E-state index contributed by atoms with van der Waals surface area (Å²) < 4.78 is 0. The van der Waals surface area contributed by atoms with E-state index >= 15 is 0 Å². The van der Waals surface area contributed by atoms with Gasteiger partial charge in [0.25, 0.3) is 0 Å². The van der Waals surface area contributed by atoms with Crippen LogP contribution in [0.3, 0.4) is 0 Å². The topological polar surface area (TPSA) is 41.1 Å². The molecule has 3 aromatic carbocycles. The van der Waals surface area contributed by atoms with Crippen molar-refractivity contribution < 1.29 is 4.79 Å². The van der Waals surface area contributed by atoms with Crippen molar-refractivity contribution in [2.75, 3.05) is 11.9 Å². The van der Waals surface area contributed by atoms with Crippen molar-refractivity contribution in [1.82, 2.24) is 5.32 Å². The lowest BCUT2D eigenvalue weighted by Gasteiger charge is -2.21. The number of benzene rings is 3. The van der Waals surface area contributed by atoms with Crippen LogP contribution in [0.25, 0.3) is 0 Å². The summed E-state index contributed by atoms with van der Waals surface area (Å²) in [6, 6.07) is 24.8. The Balaban J connectivity index is 1.76. The highest BCUT2D eigenvalue weighted by Crippen LogP contribution is 2.27. The zero-order valence-electron chi connectivity index (χ0n) is 17.7. The highest BCUT2D eigenvalue weighted by Gasteiger charge is 2.16. The molecule has 0 aliphatic carbocycles. The molecule has 0 bridgehead atoms. The lowest BCUT2D eigenvalue weighted by Crippen LogP contribution is -2.32. The minimum absolute atomic E-state index is 0.0331. The molecule has 3 aromatic rings. The third-order valence-electron chi connectivity index (χ3n) is 5.20. The second-order valence-corrected chi connectivity index (χ2v) is 7.88. The van der Waals surface area contributed by atoms with Gasteiger partial charge >= 0.3 is 0 Å². The molecular formula is C26H30N2O. The third-order valence-corrected chi connectivity index (χ3v) is 5.20. The standard InChI is InChI=1S/C26H30N2O/c1-18(2)23-12-8-9-20(4)25(23)28-24(29)17-27-26(21-10-6-5-7-11-21)22-15-13-19(3)14-16-22/h5-16,18,26-27H,17H2,1-4H3,(H,28,29)/t26-/m0/s1. The number of anilines is 1. The molecule has 2 N–H and O–H groups in total. The Bertz CT molecular complexity index is 946. The van der Waals surface area contributed by atoms with E-state index in [4.69, 9.17) is 0 Å². The predicted octanol–water partition coefficient (Wildman–Crippen LogP) is 5.74. The van der Waals surface area contributed by atoms with E-state index < -0.39 is 0 Å². The molecule has 3 nitrogen and oxygen atoms in total. The fourth-order valence-electron chi connectivity index (χ4n) is 3.55. The van der Waals surface area contributed by atoms with Gasteiger partial charge in [-0.15, -0.1) is 0 Å². The number of nitrogens with one attached hydrogen (secondary N) is 2. The van der Waals surface area contributed by atoms with Crippen LogP contribution in [0.1, 0.15) is 53.6 Å². The van der Waals surface area contributed by atoms with E-state index in [0.717, 1.165) is 27.9 Å². The number of para-hydroxylation sites is 1. The summed E-state index contributed by atoms with van der Waals surface area (Å²) in [5, 5.41) is 6.57. The number of hydrogen-bond acceptors (Lipinski definition) is 2. The molecular weight excluding hydrogens is 356 g/mol. The van der Waals surface area contributed by atoms with Gasteiger partial charge < -0.3 is 5.32 Å². The quantitative estimate of drug-likeness (QED) is 0.543. The Labute approximate surface area is 174 Å². The predicted molar refractivity (Wildman–Crippen MR) is 121 cm³/mol. The van der Waals surface area contributed by atoms with Crippen LogP contribution in [-0.4, -0.2) is 12.5 Å². The Morgan fingerprint density at radius 3 is 2.14 bits per heavy atom. The Hall–Kier alpha value is -2.91. The highest BCUT2D eigenvalue weighted by molar-refractivity contribution is 5.94. The Morgan fingerprint density at radius 1 is 0.828 bits per heavy atom. The number of carbonyl (C=O) groups excluding carboxylic acids is 1. The second-order valence-electron chi connectivity index (χ2n) is 7.88. The first-order valence-electron chi connectivity index (χ1n) is 10.2. The molecule has 29 heavy (non-hydrogen) atoms. The van der Waals surface area contributed by atoms with Gasteiger partial charge in [-0.3, -0.25) is 10.1 Å². The lowest BCUT2D eigenvalue weighted by molar-refractivity contribution is -0.115. The minimum atomic E-state index is -0.0380. The first-order chi connectivity index (χ1) is 14.0. The number of hydrogen-bond donors (Lipinski definition) is 2. The average molecular weight is 387 g/mol. The SMILES string of the molecule is Cc1ccc([C@@H](NCC(=O)Nc2c(C)cccc2C(C)C)c2ccccc2)cc1. The Kier molecular flexibility index (Phi) is 6.84. The van der Waals surface area contributed by atoms with Crippen LogP contribution in [0.4, 0.5) is 5.69 Å². The van der Waals surface area contributed by atoms with Crippen LogP contribution < -0.4 is 10.6 Å². The van der Waals surface area contributed by atoms with Crippen molar-refractivity contribution in [2.45, 2.75) is 39.7 Å². The first kappa shape index (κ1) is 20.8. The summed E-state index contributed by atoms with van der Waals surface area (Å²) >= 11 is 0. The molecule has 0 aromatic heterocycles. The van der Waals surface area contributed by atoms with E-state index in [-0.39, 0.29) is 18.5 Å². The monoisotopic (exact) mass is 386 g/mol.